The van der Waals surface area contributed by atoms with Crippen LogP contribution in [0.2, 0.25) is 5.02 Å². The summed E-state index contributed by atoms with van der Waals surface area (Å²) < 4.78 is 11.2. The molecule has 0 bridgehead atoms. The predicted molar refractivity (Wildman–Crippen MR) is 120 cm³/mol. The zero-order valence-electron chi connectivity index (χ0n) is 17.3. The molecule has 9 heteroatoms. The number of H-pyrrole nitrogens is 2. The number of aromatic amines is 2. The number of allylic oxidation sites excluding steroid dienone is 1. The number of ether oxygens (including phenoxy) is 2. The van der Waals surface area contributed by atoms with Crippen molar-refractivity contribution in [2.24, 2.45) is 0 Å². The monoisotopic (exact) mass is 453 g/mol. The molecule has 0 radical (unpaired) electrons. The number of carbonyl (C=O) groups is 1. The number of rotatable bonds is 5. The van der Waals surface area contributed by atoms with Gasteiger partial charge < -0.3 is 14.8 Å². The molecule has 2 aromatic carbocycles. The van der Waals surface area contributed by atoms with Crippen LogP contribution in [-0.4, -0.2) is 22.5 Å². The summed E-state index contributed by atoms with van der Waals surface area (Å²) in [6.07, 6.45) is 0. The normalized spacial score (nSPS) is 15.0. The SMILES string of the molecule is CCOC(=O)C1=C(C)Nc2[nH]c(=O)[nH]c(=O)c2[C@@H]1c1cccc(Oc2ccc(Cl)cc2)c1. The van der Waals surface area contributed by atoms with E-state index in [0.717, 1.165) is 0 Å². The second-order valence-corrected chi connectivity index (χ2v) is 7.58. The summed E-state index contributed by atoms with van der Waals surface area (Å²) >= 11 is 5.93. The highest BCUT2D eigenvalue weighted by Gasteiger charge is 2.36. The summed E-state index contributed by atoms with van der Waals surface area (Å²) in [7, 11) is 0. The second-order valence-electron chi connectivity index (χ2n) is 7.14. The number of halogens is 1. The van der Waals surface area contributed by atoms with Crippen LogP contribution in [0.3, 0.4) is 0 Å². The maximum atomic E-state index is 12.8. The van der Waals surface area contributed by atoms with Crippen molar-refractivity contribution in [3.05, 3.63) is 96.8 Å². The van der Waals surface area contributed by atoms with Crippen molar-refractivity contribution in [1.82, 2.24) is 9.97 Å². The largest absolute Gasteiger partial charge is 0.463 e. The summed E-state index contributed by atoms with van der Waals surface area (Å²) in [5.41, 5.74) is 0.347. The molecule has 1 aromatic heterocycles. The number of aromatic nitrogens is 2. The van der Waals surface area contributed by atoms with Gasteiger partial charge in [0.25, 0.3) is 5.56 Å². The van der Waals surface area contributed by atoms with Crippen molar-refractivity contribution in [3.63, 3.8) is 0 Å². The third kappa shape index (κ3) is 4.17. The van der Waals surface area contributed by atoms with Gasteiger partial charge in [-0.1, -0.05) is 23.7 Å². The van der Waals surface area contributed by atoms with Crippen molar-refractivity contribution >= 4 is 23.4 Å². The van der Waals surface area contributed by atoms with Gasteiger partial charge in [-0.2, -0.15) is 0 Å². The Morgan fingerprint density at radius 1 is 1.06 bits per heavy atom. The van der Waals surface area contributed by atoms with Crippen LogP contribution < -0.4 is 21.3 Å². The van der Waals surface area contributed by atoms with E-state index in [2.05, 4.69) is 15.3 Å². The summed E-state index contributed by atoms with van der Waals surface area (Å²) in [5.74, 6) is -0.0100. The first-order valence-corrected chi connectivity index (χ1v) is 10.3. The van der Waals surface area contributed by atoms with Crippen LogP contribution >= 0.6 is 11.6 Å². The third-order valence-corrected chi connectivity index (χ3v) is 5.26. The molecule has 1 aliphatic heterocycles. The number of nitrogens with one attached hydrogen (secondary N) is 3. The molecule has 164 valence electrons. The lowest BCUT2D eigenvalue weighted by Gasteiger charge is -2.28. The Morgan fingerprint density at radius 3 is 2.53 bits per heavy atom. The van der Waals surface area contributed by atoms with Gasteiger partial charge in [-0.05, 0) is 55.8 Å². The average Bonchev–Trinajstić information content (AvgIpc) is 2.74. The zero-order chi connectivity index (χ0) is 22.8. The molecule has 0 amide bonds. The Morgan fingerprint density at radius 2 is 1.81 bits per heavy atom. The number of benzene rings is 2. The van der Waals surface area contributed by atoms with E-state index in [4.69, 9.17) is 21.1 Å². The maximum absolute atomic E-state index is 12.8. The van der Waals surface area contributed by atoms with Crippen LogP contribution in [0.25, 0.3) is 0 Å². The van der Waals surface area contributed by atoms with Crippen LogP contribution in [0.5, 0.6) is 11.5 Å². The quantitative estimate of drug-likeness (QED) is 0.505. The molecule has 0 aliphatic carbocycles. The summed E-state index contributed by atoms with van der Waals surface area (Å²) in [6.45, 7) is 3.57. The number of esters is 1. The topological polar surface area (TPSA) is 113 Å². The van der Waals surface area contributed by atoms with Gasteiger partial charge in [-0.15, -0.1) is 0 Å². The van der Waals surface area contributed by atoms with E-state index in [1.807, 2.05) is 0 Å². The molecule has 0 saturated carbocycles. The molecule has 32 heavy (non-hydrogen) atoms. The highest BCUT2D eigenvalue weighted by atomic mass is 35.5. The van der Waals surface area contributed by atoms with E-state index in [0.29, 0.717) is 27.8 Å². The smallest absolute Gasteiger partial charge is 0.336 e. The molecular formula is C23H20ClN3O5. The van der Waals surface area contributed by atoms with Crippen LogP contribution in [0.4, 0.5) is 5.82 Å². The molecule has 3 aromatic rings. The van der Waals surface area contributed by atoms with Gasteiger partial charge in [-0.25, -0.2) is 9.59 Å². The van der Waals surface area contributed by atoms with E-state index < -0.39 is 23.1 Å². The van der Waals surface area contributed by atoms with Crippen LogP contribution in [0.15, 0.2) is 69.4 Å². The van der Waals surface area contributed by atoms with Crippen LogP contribution in [0.1, 0.15) is 30.9 Å². The first-order chi connectivity index (χ1) is 15.4. The maximum Gasteiger partial charge on any atom is 0.336 e. The van der Waals surface area contributed by atoms with Crippen molar-refractivity contribution in [2.45, 2.75) is 19.8 Å². The minimum absolute atomic E-state index is 0.177. The number of carbonyl (C=O) groups excluding carboxylic acids is 1. The molecule has 2 heterocycles. The fraction of sp³-hybridized carbons (Fsp3) is 0.174. The van der Waals surface area contributed by atoms with Crippen molar-refractivity contribution in [3.8, 4) is 11.5 Å². The van der Waals surface area contributed by atoms with Gasteiger partial charge in [0.05, 0.1) is 23.7 Å². The Balaban J connectivity index is 1.84. The molecule has 1 aliphatic rings. The molecule has 8 nitrogen and oxygen atoms in total. The fourth-order valence-corrected chi connectivity index (χ4v) is 3.82. The lowest BCUT2D eigenvalue weighted by molar-refractivity contribution is -0.138. The van der Waals surface area contributed by atoms with E-state index in [9.17, 15) is 14.4 Å². The van der Waals surface area contributed by atoms with E-state index >= 15 is 0 Å². The third-order valence-electron chi connectivity index (χ3n) is 5.01. The summed E-state index contributed by atoms with van der Waals surface area (Å²) in [4.78, 5) is 42.3. The highest BCUT2D eigenvalue weighted by Crippen LogP contribution is 2.40. The van der Waals surface area contributed by atoms with E-state index in [1.165, 1.54) is 0 Å². The van der Waals surface area contributed by atoms with Gasteiger partial charge in [0.2, 0.25) is 0 Å². The van der Waals surface area contributed by atoms with Crippen LogP contribution in [0, 0.1) is 0 Å². The van der Waals surface area contributed by atoms with Crippen LogP contribution in [-0.2, 0) is 9.53 Å². The minimum atomic E-state index is -0.778. The van der Waals surface area contributed by atoms with Gasteiger partial charge in [-0.3, -0.25) is 14.8 Å². The first kappa shape index (κ1) is 21.5. The van der Waals surface area contributed by atoms with Crippen molar-refractivity contribution < 1.29 is 14.3 Å². The highest BCUT2D eigenvalue weighted by molar-refractivity contribution is 6.30. The molecule has 0 spiro atoms. The zero-order valence-corrected chi connectivity index (χ0v) is 18.1. The second kappa shape index (κ2) is 8.76. The molecule has 4 rings (SSSR count). The Kier molecular flexibility index (Phi) is 5.87. The van der Waals surface area contributed by atoms with Gasteiger partial charge in [0, 0.05) is 10.7 Å². The Labute approximate surface area is 187 Å². The van der Waals surface area contributed by atoms with Gasteiger partial charge in [0.15, 0.2) is 0 Å². The number of hydrogen-bond donors (Lipinski definition) is 3. The summed E-state index contributed by atoms with van der Waals surface area (Å²) in [6, 6.07) is 13.9. The molecular weight excluding hydrogens is 434 g/mol. The standard InChI is InChI=1S/C23H20ClN3O5/c1-3-31-22(29)17-12(2)25-20-19(21(28)27-23(30)26-20)18(17)13-5-4-6-16(11-13)32-15-9-7-14(24)8-10-15/h4-11,18H,3H2,1-2H3,(H3,25,26,27,28,30)/t18-/m1/s1. The minimum Gasteiger partial charge on any atom is -0.463 e. The predicted octanol–water partition coefficient (Wildman–Crippen LogP) is 3.90. The number of anilines is 1. The molecule has 0 saturated heterocycles. The number of fused-ring (bicyclic) bond motifs is 1. The number of hydrogen-bond acceptors (Lipinski definition) is 6. The fourth-order valence-electron chi connectivity index (χ4n) is 3.70. The van der Waals surface area contributed by atoms with E-state index in [-0.39, 0.29) is 23.6 Å². The van der Waals surface area contributed by atoms with Crippen molar-refractivity contribution in [2.75, 3.05) is 11.9 Å². The molecule has 0 unspecified atom stereocenters. The molecule has 3 N–H and O–H groups in total. The summed E-state index contributed by atoms with van der Waals surface area (Å²) in [5, 5.41) is 3.54. The molecule has 0 fully saturated rings. The Hall–Kier alpha value is -3.78. The van der Waals surface area contributed by atoms with E-state index in [1.54, 1.807) is 62.4 Å². The lowest BCUT2D eigenvalue weighted by atomic mass is 9.82. The lowest BCUT2D eigenvalue weighted by Crippen LogP contribution is -2.35. The Bertz CT molecular complexity index is 1320. The van der Waals surface area contributed by atoms with Gasteiger partial charge >= 0.3 is 11.7 Å². The van der Waals surface area contributed by atoms with Gasteiger partial charge in [0.1, 0.15) is 17.3 Å². The molecule has 1 atom stereocenters. The average molecular weight is 454 g/mol. The first-order valence-electron chi connectivity index (χ1n) is 9.92. The van der Waals surface area contributed by atoms with Crippen molar-refractivity contribution in [1.29, 1.82) is 0 Å².